The molecule has 0 radical (unpaired) electrons. The molecule has 118 valence electrons. The first kappa shape index (κ1) is 13.9. The Balaban J connectivity index is 1.64. The minimum atomic E-state index is -0.410. The monoisotopic (exact) mass is 312 g/mol. The van der Waals surface area contributed by atoms with E-state index in [-0.39, 0.29) is 24.4 Å². The van der Waals surface area contributed by atoms with Gasteiger partial charge in [-0.2, -0.15) is 0 Å². The first-order valence-corrected chi connectivity index (χ1v) is 7.59. The largest absolute Gasteiger partial charge is 0.345 e. The third-order valence-corrected chi connectivity index (χ3v) is 4.35. The summed E-state index contributed by atoms with van der Waals surface area (Å²) in [6, 6.07) is 7.09. The van der Waals surface area contributed by atoms with E-state index >= 15 is 0 Å². The first-order chi connectivity index (χ1) is 11.1. The van der Waals surface area contributed by atoms with Crippen LogP contribution >= 0.6 is 0 Å². The third kappa shape index (κ3) is 2.26. The average Bonchev–Trinajstić information content (AvgIpc) is 3.18. The molecule has 8 heteroatoms. The van der Waals surface area contributed by atoms with Gasteiger partial charge in [0.2, 0.25) is 11.8 Å². The molecule has 23 heavy (non-hydrogen) atoms. The number of rotatable bonds is 2. The zero-order valence-electron chi connectivity index (χ0n) is 12.6. The highest BCUT2D eigenvalue weighted by Gasteiger charge is 2.45. The van der Waals surface area contributed by atoms with Crippen LogP contribution in [0.4, 0.5) is 0 Å². The van der Waals surface area contributed by atoms with E-state index in [0.29, 0.717) is 18.7 Å². The lowest BCUT2D eigenvalue weighted by Gasteiger charge is -2.32. The number of tetrazole rings is 1. The maximum Gasteiger partial charge on any atom is 0.243 e. The summed E-state index contributed by atoms with van der Waals surface area (Å²) in [6.07, 6.45) is 1.30. The first-order valence-electron chi connectivity index (χ1n) is 7.59. The Morgan fingerprint density at radius 2 is 2.04 bits per heavy atom. The lowest BCUT2D eigenvalue weighted by Crippen LogP contribution is -2.56. The summed E-state index contributed by atoms with van der Waals surface area (Å²) in [6.45, 7) is 2.03. The average molecular weight is 312 g/mol. The molecule has 0 unspecified atom stereocenters. The van der Waals surface area contributed by atoms with Gasteiger partial charge in [-0.25, -0.2) is 0 Å². The van der Waals surface area contributed by atoms with E-state index in [0.717, 1.165) is 11.3 Å². The van der Waals surface area contributed by atoms with Gasteiger partial charge in [-0.1, -0.05) is 12.1 Å². The zero-order chi connectivity index (χ0) is 16.0. The van der Waals surface area contributed by atoms with Crippen molar-refractivity contribution in [2.24, 2.45) is 0 Å². The normalized spacial score (nSPS) is 23.8. The number of nitrogens with one attached hydrogen (secondary N) is 1. The molecule has 2 aromatic rings. The second kappa shape index (κ2) is 5.15. The van der Waals surface area contributed by atoms with Crippen LogP contribution in [0, 0.1) is 6.92 Å². The summed E-state index contributed by atoms with van der Waals surface area (Å²) in [5, 5.41) is 15.2. The molecule has 0 bridgehead atoms. The standard InChI is InChI=1S/C15H16N6O2/c1-9-3-2-4-10(7-9)21-18-14(17-19-21)11-5-6-12-15(23)16-8-13(22)20(11)12/h2-4,7,11-12H,5-6,8H2,1H3,(H,16,23)/t11-,12+/m1/s1. The summed E-state index contributed by atoms with van der Waals surface area (Å²) in [7, 11) is 0. The molecule has 2 atom stereocenters. The van der Waals surface area contributed by atoms with E-state index < -0.39 is 6.04 Å². The second-order valence-electron chi connectivity index (χ2n) is 5.90. The van der Waals surface area contributed by atoms with Crippen molar-refractivity contribution in [3.63, 3.8) is 0 Å². The smallest absolute Gasteiger partial charge is 0.243 e. The molecule has 3 heterocycles. The Kier molecular flexibility index (Phi) is 3.10. The zero-order valence-corrected chi connectivity index (χ0v) is 12.6. The van der Waals surface area contributed by atoms with Gasteiger partial charge in [0.15, 0.2) is 5.82 Å². The van der Waals surface area contributed by atoms with Crippen molar-refractivity contribution in [2.45, 2.75) is 31.8 Å². The van der Waals surface area contributed by atoms with E-state index in [1.807, 2.05) is 31.2 Å². The van der Waals surface area contributed by atoms with E-state index in [9.17, 15) is 9.59 Å². The van der Waals surface area contributed by atoms with Crippen LogP contribution in [0.15, 0.2) is 24.3 Å². The van der Waals surface area contributed by atoms with Gasteiger partial charge < -0.3 is 10.2 Å². The number of hydrogen-bond acceptors (Lipinski definition) is 5. The van der Waals surface area contributed by atoms with E-state index in [1.54, 1.807) is 4.90 Å². The predicted octanol–water partition coefficient (Wildman–Crippen LogP) is 0.133. The number of aromatic nitrogens is 4. The number of fused-ring (bicyclic) bond motifs is 1. The number of nitrogens with zero attached hydrogens (tertiary/aromatic N) is 5. The Hall–Kier alpha value is -2.77. The highest BCUT2D eigenvalue weighted by atomic mass is 16.2. The molecule has 0 spiro atoms. The molecule has 1 aromatic carbocycles. The van der Waals surface area contributed by atoms with E-state index in [1.165, 1.54) is 4.80 Å². The highest BCUT2D eigenvalue weighted by molar-refractivity contribution is 5.95. The molecular weight excluding hydrogens is 296 g/mol. The van der Waals surface area contributed by atoms with Crippen LogP contribution in [-0.4, -0.2) is 49.5 Å². The lowest BCUT2D eigenvalue weighted by atomic mass is 10.2. The summed E-state index contributed by atoms with van der Waals surface area (Å²) in [5.41, 5.74) is 1.92. The number of hydrogen-bond donors (Lipinski definition) is 1. The second-order valence-corrected chi connectivity index (χ2v) is 5.90. The molecule has 2 saturated heterocycles. The van der Waals surface area contributed by atoms with Gasteiger partial charge in [0.25, 0.3) is 0 Å². The fourth-order valence-corrected chi connectivity index (χ4v) is 3.26. The molecule has 2 fully saturated rings. The lowest BCUT2D eigenvalue weighted by molar-refractivity contribution is -0.145. The summed E-state index contributed by atoms with van der Waals surface area (Å²) < 4.78 is 0. The summed E-state index contributed by atoms with van der Waals surface area (Å²) in [4.78, 5) is 27.1. The Morgan fingerprint density at radius 1 is 1.22 bits per heavy atom. The minimum Gasteiger partial charge on any atom is -0.345 e. The van der Waals surface area contributed by atoms with Crippen LogP contribution in [0.2, 0.25) is 0 Å². The van der Waals surface area contributed by atoms with Crippen LogP contribution in [0.25, 0.3) is 5.69 Å². The number of amides is 2. The molecule has 2 aliphatic heterocycles. The van der Waals surface area contributed by atoms with Crippen LogP contribution in [0.1, 0.15) is 30.3 Å². The van der Waals surface area contributed by atoms with Gasteiger partial charge in [-0.05, 0) is 42.7 Å². The Labute approximate surface area is 132 Å². The predicted molar refractivity (Wildman–Crippen MR) is 79.5 cm³/mol. The maximum atomic E-state index is 12.2. The molecular formula is C15H16N6O2. The maximum absolute atomic E-state index is 12.2. The van der Waals surface area contributed by atoms with Gasteiger partial charge in [0.05, 0.1) is 18.3 Å². The van der Waals surface area contributed by atoms with Gasteiger partial charge >= 0.3 is 0 Å². The third-order valence-electron chi connectivity index (χ3n) is 4.35. The van der Waals surface area contributed by atoms with Crippen molar-refractivity contribution >= 4 is 11.8 Å². The van der Waals surface area contributed by atoms with Gasteiger partial charge in [-0.3, -0.25) is 9.59 Å². The van der Waals surface area contributed by atoms with Crippen molar-refractivity contribution in [3.05, 3.63) is 35.7 Å². The fraction of sp³-hybridized carbons (Fsp3) is 0.400. The number of aryl methyl sites for hydroxylation is 1. The van der Waals surface area contributed by atoms with Crippen LogP contribution in [-0.2, 0) is 9.59 Å². The number of carbonyl (C=O) groups excluding carboxylic acids is 2. The molecule has 8 nitrogen and oxygen atoms in total. The topological polar surface area (TPSA) is 93.0 Å². The van der Waals surface area contributed by atoms with Gasteiger partial charge in [0, 0.05) is 0 Å². The van der Waals surface area contributed by atoms with Gasteiger partial charge in [-0.15, -0.1) is 15.0 Å². The molecule has 0 saturated carbocycles. The summed E-state index contributed by atoms with van der Waals surface area (Å²) in [5.74, 6) is 0.291. The SMILES string of the molecule is Cc1cccc(-n2nnc([C@H]3CC[C@H]4C(=O)NCC(=O)N34)n2)c1. The fourth-order valence-electron chi connectivity index (χ4n) is 3.26. The Morgan fingerprint density at radius 3 is 2.87 bits per heavy atom. The van der Waals surface area contributed by atoms with Gasteiger partial charge in [0.1, 0.15) is 6.04 Å². The number of benzene rings is 1. The van der Waals surface area contributed by atoms with Crippen molar-refractivity contribution in [1.82, 2.24) is 30.4 Å². The molecule has 2 aliphatic rings. The molecule has 1 N–H and O–H groups in total. The van der Waals surface area contributed by atoms with Crippen LogP contribution in [0.5, 0.6) is 0 Å². The quantitative estimate of drug-likeness (QED) is 0.851. The van der Waals surface area contributed by atoms with Crippen molar-refractivity contribution in [1.29, 1.82) is 0 Å². The molecule has 4 rings (SSSR count). The van der Waals surface area contributed by atoms with Crippen molar-refractivity contribution in [2.75, 3.05) is 6.54 Å². The Bertz CT molecular complexity index is 786. The van der Waals surface area contributed by atoms with Crippen molar-refractivity contribution in [3.8, 4) is 5.69 Å². The molecule has 1 aromatic heterocycles. The van der Waals surface area contributed by atoms with Crippen molar-refractivity contribution < 1.29 is 9.59 Å². The number of piperazine rings is 1. The van der Waals surface area contributed by atoms with E-state index in [4.69, 9.17) is 0 Å². The molecule has 2 amide bonds. The number of carbonyl (C=O) groups is 2. The summed E-state index contributed by atoms with van der Waals surface area (Å²) >= 11 is 0. The molecule has 0 aliphatic carbocycles. The van der Waals surface area contributed by atoms with E-state index in [2.05, 4.69) is 20.7 Å². The van der Waals surface area contributed by atoms with Crippen LogP contribution in [0.3, 0.4) is 0 Å². The van der Waals surface area contributed by atoms with Crippen LogP contribution < -0.4 is 5.32 Å². The highest BCUT2D eigenvalue weighted by Crippen LogP contribution is 2.35. The minimum absolute atomic E-state index is 0.0395.